The number of anilines is 2. The van der Waals surface area contributed by atoms with Crippen molar-refractivity contribution in [2.24, 2.45) is 10.3 Å². The molecule has 0 heterocycles. The van der Waals surface area contributed by atoms with Crippen molar-refractivity contribution in [2.45, 2.75) is 78.4 Å². The lowest BCUT2D eigenvalue weighted by Crippen LogP contribution is -2.40. The number of amides is 2. The molecule has 0 radical (unpaired) electrons. The Morgan fingerprint density at radius 3 is 2.35 bits per heavy atom. The molecule has 2 aromatic carbocycles. The molecule has 0 bridgehead atoms. The Morgan fingerprint density at radius 1 is 1.05 bits per heavy atom. The number of benzene rings is 2. The van der Waals surface area contributed by atoms with Crippen LogP contribution in [0.1, 0.15) is 64.0 Å². The van der Waals surface area contributed by atoms with E-state index in [1.165, 1.54) is 26.2 Å². The van der Waals surface area contributed by atoms with Gasteiger partial charge in [-0.25, -0.2) is 0 Å². The lowest BCUT2D eigenvalue weighted by atomic mass is 9.93. The van der Waals surface area contributed by atoms with Crippen LogP contribution in [-0.2, 0) is 26.5 Å². The van der Waals surface area contributed by atoms with E-state index in [0.29, 0.717) is 23.4 Å². The minimum Gasteiger partial charge on any atom is -0.481 e. The summed E-state index contributed by atoms with van der Waals surface area (Å²) in [6.07, 6.45) is 4.93. The fourth-order valence-corrected chi connectivity index (χ4v) is 4.95. The summed E-state index contributed by atoms with van der Waals surface area (Å²) < 4.78 is 30.3. The van der Waals surface area contributed by atoms with Gasteiger partial charge in [-0.05, 0) is 50.3 Å². The second-order valence-electron chi connectivity index (χ2n) is 10.1. The molecule has 1 aliphatic rings. The molecule has 200 valence electrons. The van der Waals surface area contributed by atoms with E-state index in [9.17, 15) is 18.0 Å². The predicted octanol–water partition coefficient (Wildman–Crippen LogP) is 5.33. The van der Waals surface area contributed by atoms with Crippen molar-refractivity contribution in [3.63, 3.8) is 0 Å². The molecule has 9 heteroatoms. The lowest BCUT2D eigenvalue weighted by Gasteiger charge is -2.38. The second-order valence-corrected chi connectivity index (χ2v) is 10.8. The molecule has 0 aliphatic heterocycles. The van der Waals surface area contributed by atoms with Gasteiger partial charge < -0.3 is 15.0 Å². The Labute approximate surface area is 221 Å². The van der Waals surface area contributed by atoms with E-state index < -0.39 is 22.5 Å². The second kappa shape index (κ2) is 13.4. The molecule has 2 amide bonds. The number of rotatable bonds is 10. The first-order valence-corrected chi connectivity index (χ1v) is 13.9. The fourth-order valence-electron chi connectivity index (χ4n) is 4.66. The number of carbonyl (C=O) groups is 2. The monoisotopic (exact) mass is 527 g/mol. The van der Waals surface area contributed by atoms with Crippen LogP contribution >= 0.6 is 0 Å². The van der Waals surface area contributed by atoms with Gasteiger partial charge in [0.2, 0.25) is 5.91 Å². The molecule has 1 aliphatic carbocycles. The number of carbonyl (C=O) groups excluding carboxylic acids is 2. The molecule has 8 nitrogen and oxygen atoms in total. The summed E-state index contributed by atoms with van der Waals surface area (Å²) in [7, 11) is -2.84. The summed E-state index contributed by atoms with van der Waals surface area (Å²) in [6.45, 7) is 8.65. The number of aryl methyl sites for hydroxylation is 1. The largest absolute Gasteiger partial charge is 0.481 e. The van der Waals surface area contributed by atoms with Crippen LogP contribution < -0.4 is 15.0 Å². The molecular formula is C28H37N3O5S. The van der Waals surface area contributed by atoms with Crippen molar-refractivity contribution in [3.05, 3.63) is 53.6 Å². The minimum absolute atomic E-state index is 0.156. The quantitative estimate of drug-likeness (QED) is 0.448. The number of ether oxygens (including phenoxy) is 1. The SMILES string of the molecule is Cc1ccc(CC(=O)Nc2cc(OC(C)C(=O)N=S(=O)=O)ccc2N(CC(C)C)C2CCCCC2)cc1. The van der Waals surface area contributed by atoms with Crippen LogP contribution in [0.2, 0.25) is 0 Å². The van der Waals surface area contributed by atoms with E-state index >= 15 is 0 Å². The van der Waals surface area contributed by atoms with Gasteiger partial charge in [0.15, 0.2) is 6.10 Å². The molecule has 1 N–H and O–H groups in total. The number of hydrogen-bond acceptors (Lipinski definition) is 6. The number of hydrogen-bond donors (Lipinski definition) is 1. The Bertz CT molecular complexity index is 1210. The first-order valence-electron chi connectivity index (χ1n) is 12.9. The van der Waals surface area contributed by atoms with Gasteiger partial charge in [0.1, 0.15) is 5.75 Å². The van der Waals surface area contributed by atoms with Crippen LogP contribution in [-0.4, -0.2) is 38.9 Å². The van der Waals surface area contributed by atoms with Gasteiger partial charge in [0, 0.05) is 18.7 Å². The highest BCUT2D eigenvalue weighted by molar-refractivity contribution is 7.62. The maximum atomic E-state index is 13.1. The van der Waals surface area contributed by atoms with E-state index in [2.05, 4.69) is 28.4 Å². The van der Waals surface area contributed by atoms with E-state index in [-0.39, 0.29) is 12.3 Å². The molecular weight excluding hydrogens is 490 g/mol. The Hall–Kier alpha value is -3.20. The average Bonchev–Trinajstić information content (AvgIpc) is 2.84. The summed E-state index contributed by atoms with van der Waals surface area (Å²) in [6, 6.07) is 13.6. The number of nitrogens with one attached hydrogen (secondary N) is 1. The summed E-state index contributed by atoms with van der Waals surface area (Å²) in [5.41, 5.74) is 3.55. The zero-order chi connectivity index (χ0) is 26.9. The van der Waals surface area contributed by atoms with Gasteiger partial charge in [0.25, 0.3) is 0 Å². The van der Waals surface area contributed by atoms with E-state index in [4.69, 9.17) is 4.74 Å². The molecule has 2 aromatic rings. The summed E-state index contributed by atoms with van der Waals surface area (Å²) in [5, 5.41) is 3.07. The van der Waals surface area contributed by atoms with Crippen molar-refractivity contribution >= 4 is 33.7 Å². The third kappa shape index (κ3) is 8.70. The van der Waals surface area contributed by atoms with Gasteiger partial charge >= 0.3 is 16.4 Å². The standard InChI is InChI=1S/C28H37N3O5S/c1-19(2)18-31(23-8-6-5-7-9-23)26-15-14-24(36-21(4)28(33)30-37(34)35)17-25(26)29-27(32)16-22-12-10-20(3)11-13-22/h10-15,17,19,21,23H,5-9,16,18H2,1-4H3,(H,29,32). The summed E-state index contributed by atoms with van der Waals surface area (Å²) >= 11 is 0. The average molecular weight is 528 g/mol. The van der Waals surface area contributed by atoms with Crippen LogP contribution in [0.15, 0.2) is 46.8 Å². The van der Waals surface area contributed by atoms with Crippen molar-refractivity contribution < 1.29 is 22.7 Å². The van der Waals surface area contributed by atoms with Crippen LogP contribution in [0.3, 0.4) is 0 Å². The zero-order valence-corrected chi connectivity index (χ0v) is 22.9. The molecule has 1 atom stereocenters. The predicted molar refractivity (Wildman–Crippen MR) is 145 cm³/mol. The maximum absolute atomic E-state index is 13.1. The topological polar surface area (TPSA) is 105 Å². The van der Waals surface area contributed by atoms with E-state index in [1.54, 1.807) is 12.1 Å². The Morgan fingerprint density at radius 2 is 1.73 bits per heavy atom. The zero-order valence-electron chi connectivity index (χ0n) is 22.1. The van der Waals surface area contributed by atoms with Crippen LogP contribution in [0.5, 0.6) is 5.75 Å². The smallest absolute Gasteiger partial charge is 0.319 e. The van der Waals surface area contributed by atoms with Gasteiger partial charge in [-0.1, -0.05) is 67.3 Å². The highest BCUT2D eigenvalue weighted by Crippen LogP contribution is 2.36. The Balaban J connectivity index is 1.93. The third-order valence-corrected chi connectivity index (χ3v) is 6.77. The van der Waals surface area contributed by atoms with Gasteiger partial charge in [-0.2, -0.15) is 8.42 Å². The van der Waals surface area contributed by atoms with Crippen LogP contribution in [0, 0.1) is 12.8 Å². The highest BCUT2D eigenvalue weighted by atomic mass is 32.2. The summed E-state index contributed by atoms with van der Waals surface area (Å²) in [4.78, 5) is 27.5. The third-order valence-electron chi connectivity index (χ3n) is 6.44. The van der Waals surface area contributed by atoms with Crippen LogP contribution in [0.25, 0.3) is 0 Å². The molecule has 1 saturated carbocycles. The number of nitrogens with zero attached hydrogens (tertiary/aromatic N) is 2. The Kier molecular flexibility index (Phi) is 10.3. The first-order chi connectivity index (χ1) is 17.6. The van der Waals surface area contributed by atoms with Crippen molar-refractivity contribution in [1.29, 1.82) is 0 Å². The van der Waals surface area contributed by atoms with E-state index in [1.807, 2.05) is 37.3 Å². The van der Waals surface area contributed by atoms with Gasteiger partial charge in [-0.15, -0.1) is 0 Å². The molecule has 37 heavy (non-hydrogen) atoms. The molecule has 1 unspecified atom stereocenters. The van der Waals surface area contributed by atoms with Gasteiger partial charge in [0.05, 0.1) is 17.8 Å². The minimum atomic E-state index is -2.84. The molecule has 0 aromatic heterocycles. The van der Waals surface area contributed by atoms with Crippen LogP contribution in [0.4, 0.5) is 11.4 Å². The normalized spacial score (nSPS) is 14.6. The fraction of sp³-hybridized carbons (Fsp3) is 0.500. The molecule has 0 saturated heterocycles. The molecule has 3 rings (SSSR count). The first kappa shape index (κ1) is 28.4. The maximum Gasteiger partial charge on any atom is 0.319 e. The molecule has 1 fully saturated rings. The summed E-state index contributed by atoms with van der Waals surface area (Å²) in [5.74, 6) is -0.293. The van der Waals surface area contributed by atoms with Crippen molar-refractivity contribution in [2.75, 3.05) is 16.8 Å². The lowest BCUT2D eigenvalue weighted by molar-refractivity contribution is -0.123. The molecule has 0 spiro atoms. The highest BCUT2D eigenvalue weighted by Gasteiger charge is 2.25. The van der Waals surface area contributed by atoms with Crippen molar-refractivity contribution in [1.82, 2.24) is 0 Å². The van der Waals surface area contributed by atoms with E-state index in [0.717, 1.165) is 36.2 Å². The van der Waals surface area contributed by atoms with Crippen molar-refractivity contribution in [3.8, 4) is 5.75 Å². The van der Waals surface area contributed by atoms with Gasteiger partial charge in [-0.3, -0.25) is 9.59 Å².